The smallest absolute Gasteiger partial charge is 0.255 e. The summed E-state index contributed by atoms with van der Waals surface area (Å²) in [6.45, 7) is 3.84. The zero-order valence-electron chi connectivity index (χ0n) is 15.5. The van der Waals surface area contributed by atoms with Crippen molar-refractivity contribution in [1.82, 2.24) is 14.5 Å². The van der Waals surface area contributed by atoms with Gasteiger partial charge in [-0.3, -0.25) is 9.36 Å². The van der Waals surface area contributed by atoms with E-state index in [2.05, 4.69) is 11.9 Å². The van der Waals surface area contributed by atoms with Crippen LogP contribution in [-0.4, -0.2) is 40.6 Å². The normalized spacial score (nSPS) is 15.3. The van der Waals surface area contributed by atoms with Gasteiger partial charge in [0.1, 0.15) is 11.4 Å². The number of fused-ring (bicyclic) bond motifs is 1. The van der Waals surface area contributed by atoms with E-state index in [1.807, 2.05) is 46.0 Å². The van der Waals surface area contributed by atoms with Crippen molar-refractivity contribution in [3.63, 3.8) is 0 Å². The van der Waals surface area contributed by atoms with E-state index >= 15 is 0 Å². The Kier molecular flexibility index (Phi) is 4.79. The van der Waals surface area contributed by atoms with Crippen LogP contribution < -0.4 is 4.74 Å². The molecular weight excluding hydrogens is 362 g/mol. The number of piperidine rings is 1. The van der Waals surface area contributed by atoms with Crippen LogP contribution in [0.4, 0.5) is 0 Å². The third-order valence-electron chi connectivity index (χ3n) is 5.26. The standard InChI is InChI=1S/C21H22ClN3O2/c1-14-7-9-24(10-8-14)21(26)15-11-18-19(22)13-25(20(18)23-12-15)16-3-5-17(27-2)6-4-16/h3-6,11-14H,7-10H2,1-2H3. The van der Waals surface area contributed by atoms with Crippen LogP contribution in [0.3, 0.4) is 0 Å². The highest BCUT2D eigenvalue weighted by molar-refractivity contribution is 6.35. The number of carbonyl (C=O) groups excluding carboxylic acids is 1. The highest BCUT2D eigenvalue weighted by Crippen LogP contribution is 2.29. The first kappa shape index (κ1) is 17.9. The number of hydrogen-bond acceptors (Lipinski definition) is 3. The molecule has 0 saturated carbocycles. The van der Waals surface area contributed by atoms with E-state index in [1.54, 1.807) is 13.3 Å². The largest absolute Gasteiger partial charge is 0.497 e. The zero-order valence-corrected chi connectivity index (χ0v) is 16.2. The van der Waals surface area contributed by atoms with Crippen molar-refractivity contribution in [3.8, 4) is 11.4 Å². The first-order valence-corrected chi connectivity index (χ1v) is 9.55. The van der Waals surface area contributed by atoms with Crippen LogP contribution in [0.2, 0.25) is 5.02 Å². The van der Waals surface area contributed by atoms with Gasteiger partial charge in [-0.05, 0) is 49.1 Å². The molecule has 1 amide bonds. The Balaban J connectivity index is 1.67. The fourth-order valence-electron chi connectivity index (χ4n) is 3.52. The molecule has 140 valence electrons. The molecule has 0 radical (unpaired) electrons. The molecule has 0 bridgehead atoms. The molecule has 0 aliphatic carbocycles. The minimum Gasteiger partial charge on any atom is -0.497 e. The molecule has 1 fully saturated rings. The molecule has 4 rings (SSSR count). The van der Waals surface area contributed by atoms with E-state index in [9.17, 15) is 4.79 Å². The van der Waals surface area contributed by atoms with Crippen LogP contribution in [0.5, 0.6) is 5.75 Å². The van der Waals surface area contributed by atoms with Crippen molar-refractivity contribution < 1.29 is 9.53 Å². The molecule has 2 aromatic heterocycles. The molecule has 0 atom stereocenters. The lowest BCUT2D eigenvalue weighted by Gasteiger charge is -2.30. The van der Waals surface area contributed by atoms with Crippen molar-refractivity contribution in [2.45, 2.75) is 19.8 Å². The van der Waals surface area contributed by atoms with Gasteiger partial charge in [-0.25, -0.2) is 4.98 Å². The van der Waals surface area contributed by atoms with E-state index in [0.29, 0.717) is 16.5 Å². The summed E-state index contributed by atoms with van der Waals surface area (Å²) in [6, 6.07) is 9.54. The van der Waals surface area contributed by atoms with Crippen LogP contribution in [-0.2, 0) is 0 Å². The van der Waals surface area contributed by atoms with E-state index in [0.717, 1.165) is 48.4 Å². The van der Waals surface area contributed by atoms with Crippen molar-refractivity contribution in [2.75, 3.05) is 20.2 Å². The van der Waals surface area contributed by atoms with Crippen molar-refractivity contribution >= 4 is 28.5 Å². The fourth-order valence-corrected chi connectivity index (χ4v) is 3.76. The van der Waals surface area contributed by atoms with E-state index in [4.69, 9.17) is 16.3 Å². The Bertz CT molecular complexity index is 973. The van der Waals surface area contributed by atoms with Crippen molar-refractivity contribution in [1.29, 1.82) is 0 Å². The summed E-state index contributed by atoms with van der Waals surface area (Å²) in [6.07, 6.45) is 5.59. The third kappa shape index (κ3) is 3.39. The molecule has 0 unspecified atom stereocenters. The monoisotopic (exact) mass is 383 g/mol. The Morgan fingerprint density at radius 1 is 1.22 bits per heavy atom. The van der Waals surface area contributed by atoms with Gasteiger partial charge >= 0.3 is 0 Å². The first-order valence-electron chi connectivity index (χ1n) is 9.17. The summed E-state index contributed by atoms with van der Waals surface area (Å²) < 4.78 is 7.14. The van der Waals surface area contributed by atoms with E-state index in [1.165, 1.54) is 0 Å². The molecular formula is C21H22ClN3O2. The number of nitrogens with zero attached hydrogens (tertiary/aromatic N) is 3. The summed E-state index contributed by atoms with van der Waals surface area (Å²) >= 11 is 6.46. The van der Waals surface area contributed by atoms with E-state index < -0.39 is 0 Å². The van der Waals surface area contributed by atoms with Crippen LogP contribution >= 0.6 is 11.6 Å². The Morgan fingerprint density at radius 2 is 1.93 bits per heavy atom. The second kappa shape index (κ2) is 7.24. The Hall–Kier alpha value is -2.53. The van der Waals surface area contributed by atoms with Crippen molar-refractivity contribution in [3.05, 3.63) is 53.3 Å². The molecule has 6 heteroatoms. The number of halogens is 1. The predicted molar refractivity (Wildman–Crippen MR) is 107 cm³/mol. The van der Waals surface area contributed by atoms with Gasteiger partial charge in [0, 0.05) is 36.6 Å². The third-order valence-corrected chi connectivity index (χ3v) is 5.56. The summed E-state index contributed by atoms with van der Waals surface area (Å²) in [5.41, 5.74) is 2.25. The average Bonchev–Trinajstić information content (AvgIpc) is 3.04. The van der Waals surface area contributed by atoms with Gasteiger partial charge < -0.3 is 9.64 Å². The highest BCUT2D eigenvalue weighted by atomic mass is 35.5. The number of methoxy groups -OCH3 is 1. The van der Waals surface area contributed by atoms with Crippen LogP contribution in [0.25, 0.3) is 16.7 Å². The molecule has 1 saturated heterocycles. The number of carbonyl (C=O) groups is 1. The lowest BCUT2D eigenvalue weighted by molar-refractivity contribution is 0.0697. The Morgan fingerprint density at radius 3 is 2.59 bits per heavy atom. The van der Waals surface area contributed by atoms with Gasteiger partial charge in [0.15, 0.2) is 0 Å². The first-order chi connectivity index (χ1) is 13.1. The molecule has 0 N–H and O–H groups in total. The second-order valence-corrected chi connectivity index (χ2v) is 7.52. The zero-order chi connectivity index (χ0) is 19.0. The fraction of sp³-hybridized carbons (Fsp3) is 0.333. The summed E-state index contributed by atoms with van der Waals surface area (Å²) in [4.78, 5) is 19.3. The lowest BCUT2D eigenvalue weighted by Crippen LogP contribution is -2.37. The van der Waals surface area contributed by atoms with Gasteiger partial charge in [0.2, 0.25) is 0 Å². The molecule has 1 aliphatic rings. The predicted octanol–water partition coefficient (Wildman–Crippen LogP) is 4.56. The average molecular weight is 384 g/mol. The number of benzene rings is 1. The molecule has 3 aromatic rings. The van der Waals surface area contributed by atoms with Gasteiger partial charge in [0.05, 0.1) is 17.7 Å². The highest BCUT2D eigenvalue weighted by Gasteiger charge is 2.22. The number of hydrogen-bond donors (Lipinski definition) is 0. The number of likely N-dealkylation sites (tertiary alicyclic amines) is 1. The maximum atomic E-state index is 12.8. The second-order valence-electron chi connectivity index (χ2n) is 7.11. The summed E-state index contributed by atoms with van der Waals surface area (Å²) in [7, 11) is 1.64. The van der Waals surface area contributed by atoms with Crippen LogP contribution in [0.1, 0.15) is 30.1 Å². The Labute approximate surface area is 163 Å². The SMILES string of the molecule is COc1ccc(-n2cc(Cl)c3cc(C(=O)N4CCC(C)CC4)cnc32)cc1. The number of ether oxygens (including phenoxy) is 1. The minimum absolute atomic E-state index is 0.0320. The molecule has 0 spiro atoms. The minimum atomic E-state index is 0.0320. The van der Waals surface area contributed by atoms with Crippen LogP contribution in [0, 0.1) is 5.92 Å². The van der Waals surface area contributed by atoms with Gasteiger partial charge in [0.25, 0.3) is 5.91 Å². The summed E-state index contributed by atoms with van der Waals surface area (Å²) in [5.74, 6) is 1.50. The van der Waals surface area contributed by atoms with Crippen molar-refractivity contribution in [2.24, 2.45) is 5.92 Å². The molecule has 5 nitrogen and oxygen atoms in total. The van der Waals surface area contributed by atoms with E-state index in [-0.39, 0.29) is 5.91 Å². The summed E-state index contributed by atoms with van der Waals surface area (Å²) in [5, 5.41) is 1.36. The quantitative estimate of drug-likeness (QED) is 0.666. The number of aromatic nitrogens is 2. The maximum Gasteiger partial charge on any atom is 0.255 e. The number of rotatable bonds is 3. The van der Waals surface area contributed by atoms with Gasteiger partial charge in [-0.15, -0.1) is 0 Å². The molecule has 27 heavy (non-hydrogen) atoms. The van der Waals surface area contributed by atoms with Gasteiger partial charge in [-0.2, -0.15) is 0 Å². The van der Waals surface area contributed by atoms with Gasteiger partial charge in [-0.1, -0.05) is 18.5 Å². The number of pyridine rings is 1. The topological polar surface area (TPSA) is 47.4 Å². The maximum absolute atomic E-state index is 12.8. The lowest BCUT2D eigenvalue weighted by atomic mass is 9.99. The molecule has 1 aliphatic heterocycles. The molecule has 3 heterocycles. The van der Waals surface area contributed by atoms with Crippen LogP contribution in [0.15, 0.2) is 42.7 Å². The molecule has 1 aromatic carbocycles. The number of amides is 1.